The van der Waals surface area contributed by atoms with Crippen molar-refractivity contribution in [2.45, 2.75) is 0 Å². The van der Waals surface area contributed by atoms with Crippen LogP contribution in [0, 0.1) is 0 Å². The summed E-state index contributed by atoms with van der Waals surface area (Å²) in [6, 6.07) is 70.9. The largest absolute Gasteiger partial charge is 0.456 e. The second-order valence-corrected chi connectivity index (χ2v) is 14.0. The molecule has 55 heavy (non-hydrogen) atoms. The Hall–Kier alpha value is -7.36. The van der Waals surface area contributed by atoms with Crippen molar-refractivity contribution in [1.82, 2.24) is 0 Å². The van der Waals surface area contributed by atoms with Crippen LogP contribution in [-0.2, 0) is 0 Å². The molecule has 0 amide bonds. The van der Waals surface area contributed by atoms with Gasteiger partial charge in [-0.1, -0.05) is 146 Å². The number of furan rings is 2. The third kappa shape index (κ3) is 5.13. The minimum absolute atomic E-state index is 0.848. The number of hydrogen-bond donors (Lipinski definition) is 0. The van der Waals surface area contributed by atoms with Crippen LogP contribution in [0.25, 0.3) is 88.0 Å². The minimum atomic E-state index is 0.848. The van der Waals surface area contributed by atoms with E-state index in [0.29, 0.717) is 0 Å². The summed E-state index contributed by atoms with van der Waals surface area (Å²) in [5.74, 6) is 0. The van der Waals surface area contributed by atoms with Gasteiger partial charge in [0.25, 0.3) is 0 Å². The molecule has 0 spiro atoms. The van der Waals surface area contributed by atoms with Crippen molar-refractivity contribution >= 4 is 71.7 Å². The van der Waals surface area contributed by atoms with Crippen LogP contribution in [-0.4, -0.2) is 0 Å². The summed E-state index contributed by atoms with van der Waals surface area (Å²) >= 11 is 0. The lowest BCUT2D eigenvalue weighted by atomic mass is 9.91. The normalized spacial score (nSPS) is 11.6. The van der Waals surface area contributed by atoms with E-state index in [0.717, 1.165) is 77.3 Å². The number of benzene rings is 9. The standard InChI is InChI=1S/C52H33NO2/c1-3-13-34(14-4-1)38-28-31-40(44(33-38)35-15-5-2-6-16-35)37-25-29-39(30-26-37)53(45-20-11-23-48-50(45)42-19-9-10-22-47(42)54-48)46-21-12-24-49-51(46)43-32-27-36-17-7-8-18-41(36)52(43)55-49/h1-33H. The summed E-state index contributed by atoms with van der Waals surface area (Å²) in [7, 11) is 0. The molecule has 11 aromatic rings. The van der Waals surface area contributed by atoms with Gasteiger partial charge in [-0.15, -0.1) is 0 Å². The molecule has 3 nitrogen and oxygen atoms in total. The molecular formula is C52H33NO2. The smallest absolute Gasteiger partial charge is 0.143 e. The predicted octanol–water partition coefficient (Wildman–Crippen LogP) is 15.1. The van der Waals surface area contributed by atoms with Crippen LogP contribution >= 0.6 is 0 Å². The van der Waals surface area contributed by atoms with Crippen LogP contribution in [0.1, 0.15) is 0 Å². The predicted molar refractivity (Wildman–Crippen MR) is 229 cm³/mol. The maximum absolute atomic E-state index is 6.70. The molecule has 0 aliphatic heterocycles. The number of fused-ring (bicyclic) bond motifs is 8. The van der Waals surface area contributed by atoms with E-state index in [2.05, 4.69) is 193 Å². The Morgan fingerprint density at radius 3 is 1.67 bits per heavy atom. The van der Waals surface area contributed by atoms with Crippen molar-refractivity contribution < 1.29 is 8.83 Å². The summed E-state index contributed by atoms with van der Waals surface area (Å²) in [6.07, 6.45) is 0. The highest BCUT2D eigenvalue weighted by atomic mass is 16.3. The first kappa shape index (κ1) is 31.2. The van der Waals surface area contributed by atoms with Crippen molar-refractivity contribution in [2.24, 2.45) is 0 Å². The van der Waals surface area contributed by atoms with Gasteiger partial charge in [0.15, 0.2) is 0 Å². The third-order valence-corrected chi connectivity index (χ3v) is 10.9. The highest BCUT2D eigenvalue weighted by Crippen LogP contribution is 2.48. The molecule has 11 rings (SSSR count). The fourth-order valence-electron chi connectivity index (χ4n) is 8.32. The topological polar surface area (TPSA) is 29.5 Å². The lowest BCUT2D eigenvalue weighted by Gasteiger charge is -2.27. The van der Waals surface area contributed by atoms with Gasteiger partial charge in [0.2, 0.25) is 0 Å². The van der Waals surface area contributed by atoms with E-state index in [1.54, 1.807) is 0 Å². The fourth-order valence-corrected chi connectivity index (χ4v) is 8.32. The van der Waals surface area contributed by atoms with Gasteiger partial charge in [0.05, 0.1) is 22.1 Å². The lowest BCUT2D eigenvalue weighted by Crippen LogP contribution is -2.10. The van der Waals surface area contributed by atoms with Crippen LogP contribution in [0.2, 0.25) is 0 Å². The second kappa shape index (κ2) is 12.6. The van der Waals surface area contributed by atoms with Gasteiger partial charge in [0, 0.05) is 21.8 Å². The Bertz CT molecular complexity index is 3190. The maximum atomic E-state index is 6.70. The number of rotatable bonds is 6. The highest BCUT2D eigenvalue weighted by molar-refractivity contribution is 6.21. The molecule has 0 atom stereocenters. The number of hydrogen-bond acceptors (Lipinski definition) is 3. The van der Waals surface area contributed by atoms with E-state index in [1.807, 2.05) is 12.1 Å². The first-order valence-electron chi connectivity index (χ1n) is 18.7. The molecule has 9 aromatic carbocycles. The van der Waals surface area contributed by atoms with Crippen LogP contribution in [0.3, 0.4) is 0 Å². The molecule has 0 saturated carbocycles. The molecular weight excluding hydrogens is 671 g/mol. The van der Waals surface area contributed by atoms with Gasteiger partial charge in [-0.25, -0.2) is 0 Å². The van der Waals surface area contributed by atoms with Crippen LogP contribution in [0.15, 0.2) is 209 Å². The summed E-state index contributed by atoms with van der Waals surface area (Å²) in [4.78, 5) is 2.37. The first-order valence-corrected chi connectivity index (χ1v) is 18.7. The van der Waals surface area contributed by atoms with E-state index in [9.17, 15) is 0 Å². The monoisotopic (exact) mass is 703 g/mol. The summed E-state index contributed by atoms with van der Waals surface area (Å²) in [5, 5.41) is 6.57. The van der Waals surface area contributed by atoms with E-state index in [-0.39, 0.29) is 0 Å². The molecule has 0 fully saturated rings. The quantitative estimate of drug-likeness (QED) is 0.173. The minimum Gasteiger partial charge on any atom is -0.456 e. The Morgan fingerprint density at radius 2 is 0.909 bits per heavy atom. The first-order chi connectivity index (χ1) is 27.3. The van der Waals surface area contributed by atoms with Gasteiger partial charge in [-0.05, 0) is 93.4 Å². The van der Waals surface area contributed by atoms with E-state index in [1.165, 1.54) is 27.8 Å². The molecule has 0 saturated heterocycles. The average molecular weight is 704 g/mol. The number of nitrogens with zero attached hydrogens (tertiary/aromatic N) is 1. The maximum Gasteiger partial charge on any atom is 0.143 e. The van der Waals surface area contributed by atoms with Gasteiger partial charge in [-0.3, -0.25) is 0 Å². The highest BCUT2D eigenvalue weighted by Gasteiger charge is 2.24. The number of para-hydroxylation sites is 1. The lowest BCUT2D eigenvalue weighted by molar-refractivity contribution is 0.669. The van der Waals surface area contributed by atoms with Gasteiger partial charge >= 0.3 is 0 Å². The van der Waals surface area contributed by atoms with E-state index < -0.39 is 0 Å². The van der Waals surface area contributed by atoms with Crippen molar-refractivity contribution in [1.29, 1.82) is 0 Å². The fraction of sp³-hybridized carbons (Fsp3) is 0. The molecule has 258 valence electrons. The Morgan fingerprint density at radius 1 is 0.327 bits per heavy atom. The average Bonchev–Trinajstić information content (AvgIpc) is 3.84. The molecule has 0 aliphatic rings. The Balaban J connectivity index is 1.13. The van der Waals surface area contributed by atoms with Crippen LogP contribution in [0.4, 0.5) is 17.1 Å². The van der Waals surface area contributed by atoms with E-state index >= 15 is 0 Å². The van der Waals surface area contributed by atoms with Gasteiger partial charge in [-0.2, -0.15) is 0 Å². The molecule has 2 heterocycles. The molecule has 0 radical (unpaired) electrons. The summed E-state index contributed by atoms with van der Waals surface area (Å²) < 4.78 is 13.1. The zero-order chi connectivity index (χ0) is 36.3. The van der Waals surface area contributed by atoms with Crippen LogP contribution in [0.5, 0.6) is 0 Å². The molecule has 2 aromatic heterocycles. The second-order valence-electron chi connectivity index (χ2n) is 14.0. The summed E-state index contributed by atoms with van der Waals surface area (Å²) in [5.41, 5.74) is 13.7. The van der Waals surface area contributed by atoms with E-state index in [4.69, 9.17) is 8.83 Å². The zero-order valence-electron chi connectivity index (χ0n) is 29.8. The number of anilines is 3. The van der Waals surface area contributed by atoms with Crippen molar-refractivity contribution in [3.05, 3.63) is 200 Å². The molecule has 0 unspecified atom stereocenters. The third-order valence-electron chi connectivity index (χ3n) is 10.9. The van der Waals surface area contributed by atoms with Crippen molar-refractivity contribution in [3.63, 3.8) is 0 Å². The van der Waals surface area contributed by atoms with Crippen molar-refractivity contribution in [3.8, 4) is 33.4 Å². The summed E-state index contributed by atoms with van der Waals surface area (Å²) in [6.45, 7) is 0. The molecule has 0 aliphatic carbocycles. The van der Waals surface area contributed by atoms with Gasteiger partial charge < -0.3 is 13.7 Å². The molecule has 3 heteroatoms. The zero-order valence-corrected chi connectivity index (χ0v) is 29.8. The Labute approximate surface area is 317 Å². The molecule has 0 N–H and O–H groups in total. The Kier molecular flexibility index (Phi) is 7.17. The van der Waals surface area contributed by atoms with Gasteiger partial charge in [0.1, 0.15) is 22.3 Å². The SMILES string of the molecule is c1ccc(-c2ccc(-c3ccc(N(c4cccc5oc6ccccc6c45)c4cccc5oc6c7ccccc7ccc6c45)cc3)c(-c3ccccc3)c2)cc1. The molecule has 0 bridgehead atoms. The van der Waals surface area contributed by atoms with Crippen LogP contribution < -0.4 is 4.90 Å². The van der Waals surface area contributed by atoms with Crippen molar-refractivity contribution in [2.75, 3.05) is 4.90 Å².